The predicted octanol–water partition coefficient (Wildman–Crippen LogP) is 0.505. The summed E-state index contributed by atoms with van der Waals surface area (Å²) in [6.45, 7) is 8.83. The van der Waals surface area contributed by atoms with E-state index in [1.54, 1.807) is 0 Å². The van der Waals surface area contributed by atoms with Crippen molar-refractivity contribution in [1.82, 2.24) is 14.8 Å². The molecule has 2 heterocycles. The van der Waals surface area contributed by atoms with Gasteiger partial charge in [-0.05, 0) is 18.7 Å². The summed E-state index contributed by atoms with van der Waals surface area (Å²) in [5.74, 6) is 6.09. The molecule has 1 fully saturated rings. The van der Waals surface area contributed by atoms with Gasteiger partial charge in [0.05, 0.1) is 5.69 Å². The van der Waals surface area contributed by atoms with E-state index in [0.29, 0.717) is 0 Å². The first-order chi connectivity index (χ1) is 8.31. The van der Waals surface area contributed by atoms with Crippen molar-refractivity contribution in [2.24, 2.45) is 5.84 Å². The Bertz CT molecular complexity index is 347. The Kier molecular flexibility index (Phi) is 4.30. The fourth-order valence-corrected chi connectivity index (χ4v) is 2.14. The quantitative estimate of drug-likeness (QED) is 0.588. The van der Waals surface area contributed by atoms with Gasteiger partial charge < -0.3 is 10.3 Å². The van der Waals surface area contributed by atoms with E-state index in [0.717, 1.165) is 50.8 Å². The van der Waals surface area contributed by atoms with E-state index in [-0.39, 0.29) is 0 Å². The zero-order valence-electron chi connectivity index (χ0n) is 10.4. The molecule has 0 amide bonds. The maximum Gasteiger partial charge on any atom is 0.140 e. The van der Waals surface area contributed by atoms with Gasteiger partial charge in [-0.3, -0.25) is 4.90 Å². The zero-order valence-corrected chi connectivity index (χ0v) is 10.4. The Morgan fingerprint density at radius 2 is 1.94 bits per heavy atom. The van der Waals surface area contributed by atoms with Gasteiger partial charge in [0.2, 0.25) is 0 Å². The molecule has 0 unspecified atom stereocenters. The second-order valence-electron chi connectivity index (χ2n) is 4.37. The summed E-state index contributed by atoms with van der Waals surface area (Å²) in [5.41, 5.74) is 3.66. The zero-order chi connectivity index (χ0) is 12.1. The molecule has 0 aromatic carbocycles. The van der Waals surface area contributed by atoms with E-state index in [2.05, 4.69) is 27.1 Å². The van der Waals surface area contributed by atoms with Crippen LogP contribution in [0.4, 0.5) is 5.82 Å². The van der Waals surface area contributed by atoms with Crippen LogP contribution in [0.25, 0.3) is 0 Å². The van der Waals surface area contributed by atoms with E-state index in [9.17, 15) is 0 Å². The van der Waals surface area contributed by atoms with Crippen LogP contribution in [0.1, 0.15) is 12.6 Å². The maximum absolute atomic E-state index is 5.36. The number of anilines is 1. The smallest absolute Gasteiger partial charge is 0.140 e. The van der Waals surface area contributed by atoms with Crippen LogP contribution < -0.4 is 11.3 Å². The largest absolute Gasteiger partial charge is 0.308 e. The van der Waals surface area contributed by atoms with E-state index < -0.39 is 0 Å². The third-order valence-electron chi connectivity index (χ3n) is 3.25. The lowest BCUT2D eigenvalue weighted by atomic mass is 10.2. The molecule has 0 bridgehead atoms. The third-order valence-corrected chi connectivity index (χ3v) is 3.25. The van der Waals surface area contributed by atoms with Gasteiger partial charge in [0.25, 0.3) is 0 Å². The lowest BCUT2D eigenvalue weighted by Gasteiger charge is -2.33. The Morgan fingerprint density at radius 3 is 2.59 bits per heavy atom. The first kappa shape index (κ1) is 12.3. The number of likely N-dealkylation sites (N-methyl/N-ethyl adjacent to an activating group) is 1. The first-order valence-corrected chi connectivity index (χ1v) is 6.19. The summed E-state index contributed by atoms with van der Waals surface area (Å²) in [5, 5.41) is 0. The predicted molar refractivity (Wildman–Crippen MR) is 69.4 cm³/mol. The summed E-state index contributed by atoms with van der Waals surface area (Å²) < 4.78 is 0. The summed E-state index contributed by atoms with van der Waals surface area (Å²) in [6.07, 6.45) is 0. The van der Waals surface area contributed by atoms with Crippen molar-refractivity contribution in [3.8, 4) is 0 Å². The standard InChI is InChI=1S/C12H21N5/c1-2-16-6-8-17(9-7-16)10-11-4-3-5-12(14-11)15-13/h3-5H,2,6-10,13H2,1H3,(H,14,15). The number of rotatable bonds is 4. The monoisotopic (exact) mass is 235 g/mol. The molecule has 0 atom stereocenters. The van der Waals surface area contributed by atoms with Gasteiger partial charge in [0.15, 0.2) is 0 Å². The van der Waals surface area contributed by atoms with Gasteiger partial charge in [-0.15, -0.1) is 0 Å². The molecule has 17 heavy (non-hydrogen) atoms. The SMILES string of the molecule is CCN1CCN(Cc2cccc(NN)n2)CC1. The molecule has 3 N–H and O–H groups in total. The molecule has 5 heteroatoms. The molecule has 0 saturated carbocycles. The van der Waals surface area contributed by atoms with Crippen LogP contribution in [0.2, 0.25) is 0 Å². The average molecular weight is 235 g/mol. The number of pyridine rings is 1. The van der Waals surface area contributed by atoms with Crippen LogP contribution in [0.3, 0.4) is 0 Å². The molecule has 2 rings (SSSR count). The van der Waals surface area contributed by atoms with Crippen LogP contribution in [0.5, 0.6) is 0 Å². The first-order valence-electron chi connectivity index (χ1n) is 6.19. The number of nitrogens with two attached hydrogens (primary N) is 1. The fraction of sp³-hybridized carbons (Fsp3) is 0.583. The van der Waals surface area contributed by atoms with Crippen LogP contribution in [-0.2, 0) is 6.54 Å². The van der Waals surface area contributed by atoms with Crippen LogP contribution in [0, 0.1) is 0 Å². The number of piperazine rings is 1. The van der Waals surface area contributed by atoms with Crippen molar-refractivity contribution in [2.45, 2.75) is 13.5 Å². The number of hydrogen-bond acceptors (Lipinski definition) is 5. The molecule has 0 radical (unpaired) electrons. The van der Waals surface area contributed by atoms with Gasteiger partial charge in [-0.2, -0.15) is 0 Å². The Hall–Kier alpha value is -1.17. The maximum atomic E-state index is 5.36. The lowest BCUT2D eigenvalue weighted by Crippen LogP contribution is -2.45. The highest BCUT2D eigenvalue weighted by molar-refractivity contribution is 5.33. The normalized spacial score (nSPS) is 18.2. The van der Waals surface area contributed by atoms with Gasteiger partial charge in [0, 0.05) is 32.7 Å². The van der Waals surface area contributed by atoms with Crippen LogP contribution in [-0.4, -0.2) is 47.5 Å². The molecule has 1 saturated heterocycles. The Labute approximate surface area is 103 Å². The van der Waals surface area contributed by atoms with Crippen molar-refractivity contribution in [1.29, 1.82) is 0 Å². The molecular weight excluding hydrogens is 214 g/mol. The van der Waals surface area contributed by atoms with E-state index >= 15 is 0 Å². The van der Waals surface area contributed by atoms with E-state index in [1.807, 2.05) is 18.2 Å². The van der Waals surface area contributed by atoms with Crippen molar-refractivity contribution in [3.05, 3.63) is 23.9 Å². The van der Waals surface area contributed by atoms with Crippen molar-refractivity contribution >= 4 is 5.82 Å². The minimum atomic E-state index is 0.731. The summed E-state index contributed by atoms with van der Waals surface area (Å²) in [6, 6.07) is 5.91. The number of nitrogen functional groups attached to an aromatic ring is 1. The summed E-state index contributed by atoms with van der Waals surface area (Å²) in [4.78, 5) is 9.35. The number of hydrogen-bond donors (Lipinski definition) is 2. The Morgan fingerprint density at radius 1 is 1.24 bits per heavy atom. The minimum Gasteiger partial charge on any atom is -0.308 e. The molecule has 1 aliphatic heterocycles. The highest BCUT2D eigenvalue weighted by Crippen LogP contribution is 2.09. The van der Waals surface area contributed by atoms with Crippen LogP contribution in [0.15, 0.2) is 18.2 Å². The summed E-state index contributed by atoms with van der Waals surface area (Å²) in [7, 11) is 0. The van der Waals surface area contributed by atoms with Crippen molar-refractivity contribution in [3.63, 3.8) is 0 Å². The van der Waals surface area contributed by atoms with Gasteiger partial charge in [0.1, 0.15) is 5.82 Å². The van der Waals surface area contributed by atoms with Crippen molar-refractivity contribution < 1.29 is 0 Å². The van der Waals surface area contributed by atoms with Crippen LogP contribution >= 0.6 is 0 Å². The minimum absolute atomic E-state index is 0.731. The number of nitrogens with zero attached hydrogens (tertiary/aromatic N) is 3. The topological polar surface area (TPSA) is 57.4 Å². The molecule has 1 aromatic rings. The van der Waals surface area contributed by atoms with Gasteiger partial charge in [-0.25, -0.2) is 10.8 Å². The second-order valence-corrected chi connectivity index (χ2v) is 4.37. The molecule has 1 aliphatic rings. The fourth-order valence-electron chi connectivity index (χ4n) is 2.14. The summed E-state index contributed by atoms with van der Waals surface area (Å²) >= 11 is 0. The number of nitrogens with one attached hydrogen (secondary N) is 1. The Balaban J connectivity index is 1.88. The molecule has 5 nitrogen and oxygen atoms in total. The number of hydrazine groups is 1. The molecular formula is C12H21N5. The van der Waals surface area contributed by atoms with E-state index in [1.165, 1.54) is 0 Å². The molecule has 1 aromatic heterocycles. The second kappa shape index (κ2) is 5.95. The highest BCUT2D eigenvalue weighted by atomic mass is 15.3. The van der Waals surface area contributed by atoms with Crippen molar-refractivity contribution in [2.75, 3.05) is 38.1 Å². The molecule has 0 spiro atoms. The van der Waals surface area contributed by atoms with Gasteiger partial charge >= 0.3 is 0 Å². The molecule has 94 valence electrons. The average Bonchev–Trinajstić information content (AvgIpc) is 2.40. The number of aromatic nitrogens is 1. The lowest BCUT2D eigenvalue weighted by molar-refractivity contribution is 0.131. The molecule has 0 aliphatic carbocycles. The van der Waals surface area contributed by atoms with Gasteiger partial charge in [-0.1, -0.05) is 13.0 Å². The van der Waals surface area contributed by atoms with E-state index in [4.69, 9.17) is 5.84 Å². The third kappa shape index (κ3) is 3.39. The highest BCUT2D eigenvalue weighted by Gasteiger charge is 2.15.